The predicted octanol–water partition coefficient (Wildman–Crippen LogP) is 5.25. The number of thiazole rings is 1. The largest absolute Gasteiger partial charge is 0.497 e. The molecule has 3 aromatic carbocycles. The molecular formula is C24H17ClN4O3S2. The molecule has 34 heavy (non-hydrogen) atoms. The van der Waals surface area contributed by atoms with E-state index < -0.39 is 0 Å². The molecule has 0 fully saturated rings. The molecule has 0 bridgehead atoms. The van der Waals surface area contributed by atoms with E-state index in [1.807, 2.05) is 30.3 Å². The van der Waals surface area contributed by atoms with E-state index in [0.717, 1.165) is 15.8 Å². The Morgan fingerprint density at radius 3 is 2.85 bits per heavy atom. The van der Waals surface area contributed by atoms with Gasteiger partial charge in [0.05, 0.1) is 28.2 Å². The van der Waals surface area contributed by atoms with Gasteiger partial charge in [-0.1, -0.05) is 35.1 Å². The van der Waals surface area contributed by atoms with Crippen LogP contribution in [0.3, 0.4) is 0 Å². The zero-order valence-corrected chi connectivity index (χ0v) is 20.2. The third-order valence-electron chi connectivity index (χ3n) is 5.28. The molecule has 0 saturated heterocycles. The van der Waals surface area contributed by atoms with Gasteiger partial charge >= 0.3 is 0 Å². The number of rotatable bonds is 5. The highest BCUT2D eigenvalue weighted by Gasteiger charge is 2.14. The SMILES string of the molecule is COc1ccc2nc(-n3c(=S)[nH]c4cc(C(=O)NCc5cccc(Cl)c5)ccc4c3=O)sc2c1. The van der Waals surface area contributed by atoms with Gasteiger partial charge in [-0.25, -0.2) is 9.55 Å². The Balaban J connectivity index is 1.48. The Morgan fingerprint density at radius 1 is 1.21 bits per heavy atom. The van der Waals surface area contributed by atoms with Gasteiger partial charge in [-0.15, -0.1) is 0 Å². The van der Waals surface area contributed by atoms with Crippen molar-refractivity contribution in [3.8, 4) is 10.9 Å². The van der Waals surface area contributed by atoms with Gasteiger partial charge in [0.25, 0.3) is 11.5 Å². The zero-order chi connectivity index (χ0) is 23.8. The number of amides is 1. The van der Waals surface area contributed by atoms with Crippen LogP contribution in [-0.4, -0.2) is 27.6 Å². The minimum atomic E-state index is -0.310. The number of H-pyrrole nitrogens is 1. The van der Waals surface area contributed by atoms with Crippen LogP contribution in [0.5, 0.6) is 5.75 Å². The average molecular weight is 509 g/mol. The smallest absolute Gasteiger partial charge is 0.268 e. The van der Waals surface area contributed by atoms with Gasteiger partial charge in [0.2, 0.25) is 0 Å². The first kappa shape index (κ1) is 22.3. The van der Waals surface area contributed by atoms with E-state index in [0.29, 0.717) is 38.9 Å². The van der Waals surface area contributed by atoms with Crippen molar-refractivity contribution in [3.05, 3.63) is 91.9 Å². The molecule has 2 aromatic heterocycles. The van der Waals surface area contributed by atoms with E-state index in [-0.39, 0.29) is 16.2 Å². The number of benzene rings is 3. The summed E-state index contributed by atoms with van der Waals surface area (Å²) < 4.78 is 7.71. The molecule has 10 heteroatoms. The van der Waals surface area contributed by atoms with Crippen LogP contribution in [0.15, 0.2) is 65.5 Å². The molecule has 170 valence electrons. The molecule has 1 amide bonds. The lowest BCUT2D eigenvalue weighted by atomic mass is 10.1. The summed E-state index contributed by atoms with van der Waals surface area (Å²) in [7, 11) is 1.60. The fourth-order valence-electron chi connectivity index (χ4n) is 3.58. The maximum atomic E-state index is 13.3. The number of halogens is 1. The molecule has 0 atom stereocenters. The van der Waals surface area contributed by atoms with Gasteiger partial charge in [-0.3, -0.25) is 9.59 Å². The summed E-state index contributed by atoms with van der Waals surface area (Å²) in [5, 5.41) is 4.32. The minimum absolute atomic E-state index is 0.194. The van der Waals surface area contributed by atoms with Crippen molar-refractivity contribution < 1.29 is 9.53 Å². The van der Waals surface area contributed by atoms with Gasteiger partial charge in [0, 0.05) is 17.1 Å². The van der Waals surface area contributed by atoms with Gasteiger partial charge in [0.1, 0.15) is 5.75 Å². The molecule has 0 unspecified atom stereocenters. The van der Waals surface area contributed by atoms with Crippen molar-refractivity contribution >= 4 is 62.2 Å². The van der Waals surface area contributed by atoms with Crippen LogP contribution < -0.4 is 15.6 Å². The normalized spacial score (nSPS) is 11.1. The maximum Gasteiger partial charge on any atom is 0.268 e. The highest BCUT2D eigenvalue weighted by molar-refractivity contribution is 7.71. The molecule has 0 aliphatic carbocycles. The number of ether oxygens (including phenoxy) is 1. The Bertz CT molecular complexity index is 1690. The van der Waals surface area contributed by atoms with Gasteiger partial charge < -0.3 is 15.0 Å². The third-order valence-corrected chi connectivity index (χ3v) is 6.80. The standard InChI is InChI=1S/C24H17ClN4O3S2/c1-32-16-6-8-18-20(11-16)34-24(28-18)29-22(31)17-7-5-14(10-19(17)27-23(29)33)21(30)26-12-13-3-2-4-15(25)9-13/h2-11H,12H2,1H3,(H,26,30)(H,27,33). The number of carbonyl (C=O) groups is 1. The van der Waals surface area contributed by atoms with Crippen LogP contribution in [0.25, 0.3) is 26.3 Å². The van der Waals surface area contributed by atoms with E-state index in [4.69, 9.17) is 28.6 Å². The summed E-state index contributed by atoms with van der Waals surface area (Å²) in [6.45, 7) is 0.331. The second-order valence-electron chi connectivity index (χ2n) is 7.47. The Morgan fingerprint density at radius 2 is 2.06 bits per heavy atom. The van der Waals surface area contributed by atoms with Crippen LogP contribution >= 0.6 is 35.2 Å². The lowest BCUT2D eigenvalue weighted by Crippen LogP contribution is -2.24. The molecule has 2 heterocycles. The van der Waals surface area contributed by atoms with Crippen LogP contribution in [0.4, 0.5) is 0 Å². The highest BCUT2D eigenvalue weighted by Crippen LogP contribution is 2.28. The van der Waals surface area contributed by atoms with Gasteiger partial charge in [0.15, 0.2) is 9.90 Å². The van der Waals surface area contributed by atoms with Crippen molar-refractivity contribution in [2.24, 2.45) is 0 Å². The fraction of sp³-hybridized carbons (Fsp3) is 0.0833. The number of hydrogen-bond donors (Lipinski definition) is 2. The van der Waals surface area contributed by atoms with Crippen LogP contribution in [-0.2, 0) is 6.54 Å². The third kappa shape index (κ3) is 4.21. The molecule has 5 rings (SSSR count). The monoisotopic (exact) mass is 508 g/mol. The number of hydrogen-bond acceptors (Lipinski definition) is 6. The number of carbonyl (C=O) groups excluding carboxylic acids is 1. The number of nitrogens with zero attached hydrogens (tertiary/aromatic N) is 2. The molecule has 5 aromatic rings. The van der Waals surface area contributed by atoms with Crippen molar-refractivity contribution in [1.82, 2.24) is 19.9 Å². The number of fused-ring (bicyclic) bond motifs is 2. The molecular weight excluding hydrogens is 492 g/mol. The van der Waals surface area contributed by atoms with Gasteiger partial charge in [-0.05, 0) is 66.3 Å². The van der Waals surface area contributed by atoms with E-state index in [9.17, 15) is 9.59 Å². The number of aromatic amines is 1. The highest BCUT2D eigenvalue weighted by atomic mass is 35.5. The van der Waals surface area contributed by atoms with Crippen LogP contribution in [0.1, 0.15) is 15.9 Å². The van der Waals surface area contributed by atoms with E-state index in [2.05, 4.69) is 15.3 Å². The Kier molecular flexibility index (Phi) is 5.91. The quantitative estimate of drug-likeness (QED) is 0.316. The van der Waals surface area contributed by atoms with Crippen molar-refractivity contribution in [2.75, 3.05) is 7.11 Å². The van der Waals surface area contributed by atoms with Crippen LogP contribution in [0, 0.1) is 4.77 Å². The summed E-state index contributed by atoms with van der Waals surface area (Å²) >= 11 is 12.8. The first-order chi connectivity index (χ1) is 16.4. The minimum Gasteiger partial charge on any atom is -0.497 e. The first-order valence-corrected chi connectivity index (χ1v) is 11.8. The molecule has 0 aliphatic rings. The molecule has 0 saturated carbocycles. The van der Waals surface area contributed by atoms with E-state index in [1.165, 1.54) is 15.9 Å². The predicted molar refractivity (Wildman–Crippen MR) is 137 cm³/mol. The van der Waals surface area contributed by atoms with Crippen molar-refractivity contribution in [3.63, 3.8) is 0 Å². The number of nitrogens with one attached hydrogen (secondary N) is 2. The summed E-state index contributed by atoms with van der Waals surface area (Å²) in [6.07, 6.45) is 0. The molecule has 0 radical (unpaired) electrons. The van der Waals surface area contributed by atoms with Crippen molar-refractivity contribution in [1.29, 1.82) is 0 Å². The van der Waals surface area contributed by atoms with Gasteiger partial charge in [-0.2, -0.15) is 0 Å². The van der Waals surface area contributed by atoms with E-state index in [1.54, 1.807) is 37.4 Å². The average Bonchev–Trinajstić information content (AvgIpc) is 3.24. The van der Waals surface area contributed by atoms with Crippen molar-refractivity contribution in [2.45, 2.75) is 6.54 Å². The summed E-state index contributed by atoms with van der Waals surface area (Å²) in [5.74, 6) is 0.436. The molecule has 7 nitrogen and oxygen atoms in total. The molecule has 2 N–H and O–H groups in total. The number of aromatic nitrogens is 3. The molecule has 0 spiro atoms. The van der Waals surface area contributed by atoms with E-state index >= 15 is 0 Å². The molecule has 0 aliphatic heterocycles. The lowest BCUT2D eigenvalue weighted by Gasteiger charge is -2.08. The second-order valence-corrected chi connectivity index (χ2v) is 9.31. The summed E-state index contributed by atoms with van der Waals surface area (Å²) in [6, 6.07) is 17.6. The van der Waals surface area contributed by atoms with Crippen LogP contribution in [0.2, 0.25) is 5.02 Å². The lowest BCUT2D eigenvalue weighted by molar-refractivity contribution is 0.0951. The second kappa shape index (κ2) is 9.02. The first-order valence-electron chi connectivity index (χ1n) is 10.2. The summed E-state index contributed by atoms with van der Waals surface area (Å²) in [5.41, 5.74) is 2.20. The maximum absolute atomic E-state index is 13.3. The fourth-order valence-corrected chi connectivity index (χ4v) is 5.13. The number of methoxy groups -OCH3 is 1. The summed E-state index contributed by atoms with van der Waals surface area (Å²) in [4.78, 5) is 33.6. The Hall–Kier alpha value is -3.53. The Labute approximate surface area is 207 Å². The topological polar surface area (TPSA) is 89.0 Å². The zero-order valence-electron chi connectivity index (χ0n) is 17.8.